The lowest BCUT2D eigenvalue weighted by Crippen LogP contribution is -2.13. The van der Waals surface area contributed by atoms with Crippen LogP contribution in [-0.2, 0) is 19.3 Å². The monoisotopic (exact) mass is 303 g/mol. The highest BCUT2D eigenvalue weighted by atomic mass is 32.1. The van der Waals surface area contributed by atoms with Crippen molar-refractivity contribution in [2.75, 3.05) is 0 Å². The van der Waals surface area contributed by atoms with E-state index in [2.05, 4.69) is 5.32 Å². The van der Waals surface area contributed by atoms with E-state index in [0.29, 0.717) is 12.6 Å². The van der Waals surface area contributed by atoms with Gasteiger partial charge in [0, 0.05) is 22.8 Å². The summed E-state index contributed by atoms with van der Waals surface area (Å²) in [5.41, 5.74) is -0.674. The largest absolute Gasteiger partial charge is 0.416 e. The van der Waals surface area contributed by atoms with Crippen LogP contribution in [0.25, 0.3) is 0 Å². The second-order valence-electron chi connectivity index (χ2n) is 4.46. The molecule has 0 fully saturated rings. The number of hydrogen-bond acceptors (Lipinski definition) is 2. The van der Waals surface area contributed by atoms with Gasteiger partial charge in [-0.05, 0) is 42.8 Å². The van der Waals surface area contributed by atoms with E-state index in [0.717, 1.165) is 17.0 Å². The predicted molar refractivity (Wildman–Crippen MR) is 71.0 cm³/mol. The van der Waals surface area contributed by atoms with Gasteiger partial charge in [0.15, 0.2) is 0 Å². The van der Waals surface area contributed by atoms with Crippen molar-refractivity contribution in [2.24, 2.45) is 0 Å². The minimum absolute atomic E-state index is 0.192. The summed E-state index contributed by atoms with van der Waals surface area (Å²) in [6.07, 6.45) is -4.53. The Labute approximate surface area is 118 Å². The maximum Gasteiger partial charge on any atom is 0.416 e. The fourth-order valence-electron chi connectivity index (χ4n) is 1.83. The number of halogens is 4. The first kappa shape index (κ1) is 15.0. The molecule has 1 aromatic carbocycles. The first-order valence-corrected chi connectivity index (χ1v) is 6.79. The highest BCUT2D eigenvalue weighted by molar-refractivity contribution is 7.11. The van der Waals surface area contributed by atoms with Crippen LogP contribution in [0.2, 0.25) is 0 Å². The Morgan fingerprint density at radius 1 is 1.10 bits per heavy atom. The van der Waals surface area contributed by atoms with Crippen LogP contribution in [0.4, 0.5) is 17.6 Å². The molecule has 0 aliphatic rings. The minimum atomic E-state index is -4.53. The third kappa shape index (κ3) is 4.05. The van der Waals surface area contributed by atoms with Crippen LogP contribution in [0.5, 0.6) is 0 Å². The molecule has 1 heterocycles. The summed E-state index contributed by atoms with van der Waals surface area (Å²) in [7, 11) is 0. The SMILES string of the molecule is Cc1ccc(CNCc2cc(F)cc(C(F)(F)F)c2)s1. The van der Waals surface area contributed by atoms with Crippen molar-refractivity contribution >= 4 is 11.3 Å². The van der Waals surface area contributed by atoms with E-state index in [1.54, 1.807) is 11.3 Å². The smallest absolute Gasteiger partial charge is 0.308 e. The van der Waals surface area contributed by atoms with Crippen LogP contribution in [0.1, 0.15) is 20.9 Å². The van der Waals surface area contributed by atoms with Gasteiger partial charge < -0.3 is 5.32 Å². The van der Waals surface area contributed by atoms with Gasteiger partial charge in [0.1, 0.15) is 5.82 Å². The molecule has 1 N–H and O–H groups in total. The van der Waals surface area contributed by atoms with Gasteiger partial charge >= 0.3 is 6.18 Å². The summed E-state index contributed by atoms with van der Waals surface area (Å²) < 4.78 is 50.8. The van der Waals surface area contributed by atoms with Crippen molar-refractivity contribution in [1.82, 2.24) is 5.32 Å². The number of rotatable bonds is 4. The van der Waals surface area contributed by atoms with Crippen molar-refractivity contribution in [3.8, 4) is 0 Å². The topological polar surface area (TPSA) is 12.0 Å². The van der Waals surface area contributed by atoms with Gasteiger partial charge in [-0.15, -0.1) is 11.3 Å². The molecule has 0 spiro atoms. The Morgan fingerprint density at radius 2 is 1.85 bits per heavy atom. The van der Waals surface area contributed by atoms with Gasteiger partial charge in [0.2, 0.25) is 0 Å². The van der Waals surface area contributed by atoms with E-state index in [1.165, 1.54) is 4.88 Å². The summed E-state index contributed by atoms with van der Waals surface area (Å²) in [5, 5.41) is 3.01. The van der Waals surface area contributed by atoms with Gasteiger partial charge in [-0.25, -0.2) is 4.39 Å². The standard InChI is InChI=1S/C14H13F4NS/c1-9-2-3-13(20-9)8-19-7-10-4-11(14(16,17)18)6-12(15)5-10/h2-6,19H,7-8H2,1H3. The van der Waals surface area contributed by atoms with Crippen molar-refractivity contribution in [3.63, 3.8) is 0 Å². The molecule has 1 aromatic heterocycles. The van der Waals surface area contributed by atoms with E-state index in [-0.39, 0.29) is 12.1 Å². The molecule has 0 saturated carbocycles. The molecule has 0 aliphatic heterocycles. The van der Waals surface area contributed by atoms with E-state index < -0.39 is 17.6 Å². The Hall–Kier alpha value is -1.40. The average molecular weight is 303 g/mol. The fourth-order valence-corrected chi connectivity index (χ4v) is 2.69. The third-order valence-corrected chi connectivity index (χ3v) is 3.71. The summed E-state index contributed by atoms with van der Waals surface area (Å²) in [4.78, 5) is 2.27. The maximum atomic E-state index is 13.2. The minimum Gasteiger partial charge on any atom is -0.308 e. The first-order chi connectivity index (χ1) is 9.34. The Balaban J connectivity index is 2.00. The lowest BCUT2D eigenvalue weighted by atomic mass is 10.1. The van der Waals surface area contributed by atoms with Crippen molar-refractivity contribution in [3.05, 3.63) is 57.0 Å². The Morgan fingerprint density at radius 3 is 2.45 bits per heavy atom. The molecule has 0 atom stereocenters. The highest BCUT2D eigenvalue weighted by Gasteiger charge is 2.31. The summed E-state index contributed by atoms with van der Waals surface area (Å²) in [6.45, 7) is 2.73. The number of thiophene rings is 1. The van der Waals surface area contributed by atoms with Gasteiger partial charge in [0.05, 0.1) is 5.56 Å². The van der Waals surface area contributed by atoms with Crippen molar-refractivity contribution in [2.45, 2.75) is 26.2 Å². The van der Waals surface area contributed by atoms with Crippen LogP contribution < -0.4 is 5.32 Å². The van der Waals surface area contributed by atoms with Crippen LogP contribution in [-0.4, -0.2) is 0 Å². The molecule has 1 nitrogen and oxygen atoms in total. The van der Waals surface area contributed by atoms with Crippen LogP contribution in [0, 0.1) is 12.7 Å². The molecule has 0 radical (unpaired) electrons. The van der Waals surface area contributed by atoms with Crippen molar-refractivity contribution in [1.29, 1.82) is 0 Å². The van der Waals surface area contributed by atoms with Gasteiger partial charge in [-0.3, -0.25) is 0 Å². The Bertz CT molecular complexity index is 589. The molecule has 0 bridgehead atoms. The molecule has 0 aliphatic carbocycles. The van der Waals surface area contributed by atoms with Crippen LogP contribution in [0.3, 0.4) is 0 Å². The van der Waals surface area contributed by atoms with E-state index in [1.807, 2.05) is 19.1 Å². The van der Waals surface area contributed by atoms with E-state index in [4.69, 9.17) is 0 Å². The second kappa shape index (κ2) is 5.93. The number of hydrogen-bond donors (Lipinski definition) is 1. The molecular weight excluding hydrogens is 290 g/mol. The first-order valence-electron chi connectivity index (χ1n) is 5.97. The van der Waals surface area contributed by atoms with Crippen LogP contribution >= 0.6 is 11.3 Å². The number of aryl methyl sites for hydroxylation is 1. The predicted octanol–water partition coefficient (Wildman–Crippen LogP) is 4.50. The lowest BCUT2D eigenvalue weighted by Gasteiger charge is -2.10. The Kier molecular flexibility index (Phi) is 4.45. The number of nitrogens with one attached hydrogen (secondary N) is 1. The molecule has 0 amide bonds. The third-order valence-electron chi connectivity index (χ3n) is 2.71. The zero-order valence-corrected chi connectivity index (χ0v) is 11.5. The van der Waals surface area contributed by atoms with Crippen LogP contribution in [0.15, 0.2) is 30.3 Å². The molecular formula is C14H13F4NS. The molecule has 2 aromatic rings. The summed E-state index contributed by atoms with van der Waals surface area (Å²) in [5.74, 6) is -0.872. The van der Waals surface area contributed by atoms with Gasteiger partial charge in [0.25, 0.3) is 0 Å². The average Bonchev–Trinajstić information content (AvgIpc) is 2.73. The second-order valence-corrected chi connectivity index (χ2v) is 5.83. The highest BCUT2D eigenvalue weighted by Crippen LogP contribution is 2.30. The summed E-state index contributed by atoms with van der Waals surface area (Å²) in [6, 6.07) is 6.52. The molecule has 6 heteroatoms. The van der Waals surface area contributed by atoms with E-state index >= 15 is 0 Å². The molecule has 2 rings (SSSR count). The normalized spacial score (nSPS) is 11.8. The number of benzene rings is 1. The quantitative estimate of drug-likeness (QED) is 0.820. The molecule has 108 valence electrons. The lowest BCUT2D eigenvalue weighted by molar-refractivity contribution is -0.137. The zero-order valence-electron chi connectivity index (χ0n) is 10.7. The molecule has 0 unspecified atom stereocenters. The number of alkyl halides is 3. The molecule has 0 saturated heterocycles. The summed E-state index contributed by atoms with van der Waals surface area (Å²) >= 11 is 1.62. The maximum absolute atomic E-state index is 13.2. The molecule has 20 heavy (non-hydrogen) atoms. The van der Waals surface area contributed by atoms with Crippen molar-refractivity contribution < 1.29 is 17.6 Å². The van der Waals surface area contributed by atoms with E-state index in [9.17, 15) is 17.6 Å². The van der Waals surface area contributed by atoms with Gasteiger partial charge in [-0.1, -0.05) is 0 Å². The zero-order chi connectivity index (χ0) is 14.8. The van der Waals surface area contributed by atoms with Gasteiger partial charge in [-0.2, -0.15) is 13.2 Å². The fraction of sp³-hybridized carbons (Fsp3) is 0.286.